The van der Waals surface area contributed by atoms with Gasteiger partial charge in [0, 0.05) is 6.54 Å². The molecule has 0 saturated carbocycles. The maximum atomic E-state index is 12.1. The van der Waals surface area contributed by atoms with Crippen LogP contribution in [0.4, 0.5) is 0 Å². The van der Waals surface area contributed by atoms with Gasteiger partial charge in [0.2, 0.25) is 10.0 Å². The summed E-state index contributed by atoms with van der Waals surface area (Å²) >= 11 is 0. The molecule has 1 aromatic carbocycles. The first-order valence-electron chi connectivity index (χ1n) is 7.22. The molecule has 0 saturated heterocycles. The fraction of sp³-hybridized carbons (Fsp3) is 0.600. The molecule has 0 aliphatic carbocycles. The van der Waals surface area contributed by atoms with Gasteiger partial charge >= 0.3 is 0 Å². The van der Waals surface area contributed by atoms with Crippen molar-refractivity contribution in [3.8, 4) is 5.75 Å². The van der Waals surface area contributed by atoms with Crippen LogP contribution in [-0.4, -0.2) is 35.2 Å². The van der Waals surface area contributed by atoms with Gasteiger partial charge in [-0.05, 0) is 49.7 Å². The molecule has 21 heavy (non-hydrogen) atoms. The van der Waals surface area contributed by atoms with E-state index in [2.05, 4.69) is 23.9 Å². The number of ether oxygens (including phenoxy) is 1. The molecule has 5 nitrogen and oxygen atoms in total. The van der Waals surface area contributed by atoms with Crippen molar-refractivity contribution in [3.63, 3.8) is 0 Å². The molecule has 0 bridgehead atoms. The van der Waals surface area contributed by atoms with E-state index in [0.29, 0.717) is 24.8 Å². The van der Waals surface area contributed by atoms with Gasteiger partial charge in [0.15, 0.2) is 0 Å². The van der Waals surface area contributed by atoms with Crippen molar-refractivity contribution in [2.75, 3.05) is 26.7 Å². The summed E-state index contributed by atoms with van der Waals surface area (Å²) in [7, 11) is -1.61. The van der Waals surface area contributed by atoms with Crippen LogP contribution in [0.3, 0.4) is 0 Å². The van der Waals surface area contributed by atoms with Crippen LogP contribution in [0.25, 0.3) is 0 Å². The van der Waals surface area contributed by atoms with Crippen molar-refractivity contribution in [2.45, 2.75) is 25.7 Å². The van der Waals surface area contributed by atoms with Crippen molar-refractivity contribution >= 4 is 10.0 Å². The Hall–Kier alpha value is -1.11. The zero-order chi connectivity index (χ0) is 15.9. The molecule has 1 rings (SSSR count). The van der Waals surface area contributed by atoms with E-state index in [1.54, 1.807) is 24.3 Å². The lowest BCUT2D eigenvalue weighted by atomic mass is 10.2. The fourth-order valence-electron chi connectivity index (χ4n) is 1.73. The van der Waals surface area contributed by atoms with Crippen LogP contribution in [0.15, 0.2) is 29.2 Å². The summed E-state index contributed by atoms with van der Waals surface area (Å²) in [5.74, 6) is 1.35. The van der Waals surface area contributed by atoms with E-state index in [9.17, 15) is 8.42 Å². The maximum Gasteiger partial charge on any atom is 0.240 e. The molecule has 120 valence electrons. The molecule has 0 aromatic heterocycles. The molecule has 1 unspecified atom stereocenters. The fourth-order valence-corrected chi connectivity index (χ4v) is 2.90. The molecule has 1 aromatic rings. The van der Waals surface area contributed by atoms with Crippen molar-refractivity contribution in [2.24, 2.45) is 11.8 Å². The van der Waals surface area contributed by atoms with Crippen LogP contribution in [0, 0.1) is 11.8 Å². The Bertz CT molecular complexity index is 512. The van der Waals surface area contributed by atoms with Gasteiger partial charge in [0.25, 0.3) is 0 Å². The van der Waals surface area contributed by atoms with Gasteiger partial charge in [-0.25, -0.2) is 13.1 Å². The number of hydrogen-bond donors (Lipinski definition) is 2. The lowest BCUT2D eigenvalue weighted by Gasteiger charge is -2.13. The molecular weight excluding hydrogens is 288 g/mol. The van der Waals surface area contributed by atoms with Gasteiger partial charge in [-0.3, -0.25) is 0 Å². The molecule has 0 aliphatic rings. The van der Waals surface area contributed by atoms with E-state index < -0.39 is 10.0 Å². The monoisotopic (exact) mass is 314 g/mol. The second-order valence-electron chi connectivity index (χ2n) is 5.69. The Morgan fingerprint density at radius 1 is 1.10 bits per heavy atom. The summed E-state index contributed by atoms with van der Waals surface area (Å²) in [4.78, 5) is 0.260. The smallest absolute Gasteiger partial charge is 0.240 e. The Balaban J connectivity index is 2.62. The second kappa shape index (κ2) is 8.36. The third-order valence-corrected chi connectivity index (χ3v) is 4.33. The van der Waals surface area contributed by atoms with E-state index in [4.69, 9.17) is 4.74 Å². The van der Waals surface area contributed by atoms with Crippen molar-refractivity contribution in [1.82, 2.24) is 10.0 Å². The quantitative estimate of drug-likeness (QED) is 0.730. The third-order valence-electron chi connectivity index (χ3n) is 2.89. The Morgan fingerprint density at radius 3 is 2.24 bits per heavy atom. The highest BCUT2D eigenvalue weighted by molar-refractivity contribution is 7.89. The summed E-state index contributed by atoms with van der Waals surface area (Å²) < 4.78 is 32.5. The summed E-state index contributed by atoms with van der Waals surface area (Å²) in [6.07, 6.45) is 0. The highest BCUT2D eigenvalue weighted by Crippen LogP contribution is 2.16. The predicted molar refractivity (Wildman–Crippen MR) is 85.1 cm³/mol. The van der Waals surface area contributed by atoms with Gasteiger partial charge in [-0.2, -0.15) is 0 Å². The second-order valence-corrected chi connectivity index (χ2v) is 7.46. The van der Waals surface area contributed by atoms with E-state index in [0.717, 1.165) is 6.54 Å². The zero-order valence-corrected chi connectivity index (χ0v) is 14.0. The lowest BCUT2D eigenvalue weighted by Crippen LogP contribution is -2.32. The third kappa shape index (κ3) is 6.46. The molecular formula is C15H26N2O3S. The Kier molecular flexibility index (Phi) is 7.14. The number of benzene rings is 1. The molecule has 0 fully saturated rings. The molecule has 0 amide bonds. The highest BCUT2D eigenvalue weighted by atomic mass is 32.2. The first kappa shape index (κ1) is 17.9. The standard InChI is InChI=1S/C15H26N2O3S/c1-12(2)11-20-14-5-7-15(8-6-14)21(18,19)17-10-13(3)9-16-4/h5-8,12-13,16-17H,9-11H2,1-4H3. The average molecular weight is 314 g/mol. The number of nitrogens with one attached hydrogen (secondary N) is 2. The lowest BCUT2D eigenvalue weighted by molar-refractivity contribution is 0.271. The van der Waals surface area contributed by atoms with Crippen LogP contribution in [-0.2, 0) is 10.0 Å². The molecule has 0 aliphatic heterocycles. The van der Waals surface area contributed by atoms with Crippen LogP contribution in [0.1, 0.15) is 20.8 Å². The summed E-state index contributed by atoms with van der Waals surface area (Å²) in [6.45, 7) is 7.91. The Morgan fingerprint density at radius 2 is 1.71 bits per heavy atom. The van der Waals surface area contributed by atoms with Crippen molar-refractivity contribution in [1.29, 1.82) is 0 Å². The molecule has 0 heterocycles. The minimum absolute atomic E-state index is 0.235. The molecule has 1 atom stereocenters. The van der Waals surface area contributed by atoms with Gasteiger partial charge in [-0.15, -0.1) is 0 Å². The summed E-state index contributed by atoms with van der Waals surface area (Å²) in [5, 5.41) is 3.02. The number of hydrogen-bond acceptors (Lipinski definition) is 4. The maximum absolute atomic E-state index is 12.1. The largest absolute Gasteiger partial charge is 0.493 e. The minimum atomic E-state index is -3.46. The summed E-state index contributed by atoms with van der Waals surface area (Å²) in [5.41, 5.74) is 0. The summed E-state index contributed by atoms with van der Waals surface area (Å²) in [6, 6.07) is 6.52. The van der Waals surface area contributed by atoms with Crippen LogP contribution >= 0.6 is 0 Å². The molecule has 6 heteroatoms. The average Bonchev–Trinajstić information content (AvgIpc) is 2.44. The topological polar surface area (TPSA) is 67.4 Å². The molecule has 0 spiro atoms. The van der Waals surface area contributed by atoms with E-state index in [-0.39, 0.29) is 10.8 Å². The first-order chi connectivity index (χ1) is 9.85. The van der Waals surface area contributed by atoms with Crippen LogP contribution < -0.4 is 14.8 Å². The molecule has 0 radical (unpaired) electrons. The van der Waals surface area contributed by atoms with E-state index in [1.807, 2.05) is 14.0 Å². The predicted octanol–water partition coefficient (Wildman–Crippen LogP) is 1.86. The zero-order valence-electron chi connectivity index (χ0n) is 13.2. The number of sulfonamides is 1. The van der Waals surface area contributed by atoms with Gasteiger partial charge in [0.1, 0.15) is 5.75 Å². The van der Waals surface area contributed by atoms with Crippen LogP contribution in [0.2, 0.25) is 0 Å². The van der Waals surface area contributed by atoms with Gasteiger partial charge in [0.05, 0.1) is 11.5 Å². The minimum Gasteiger partial charge on any atom is -0.493 e. The van der Waals surface area contributed by atoms with Gasteiger partial charge < -0.3 is 10.1 Å². The van der Waals surface area contributed by atoms with E-state index >= 15 is 0 Å². The Labute approximate surface area is 128 Å². The normalized spacial score (nSPS) is 13.4. The van der Waals surface area contributed by atoms with E-state index in [1.165, 1.54) is 0 Å². The van der Waals surface area contributed by atoms with Crippen LogP contribution in [0.5, 0.6) is 5.75 Å². The first-order valence-corrected chi connectivity index (χ1v) is 8.70. The van der Waals surface area contributed by atoms with Gasteiger partial charge in [-0.1, -0.05) is 20.8 Å². The van der Waals surface area contributed by atoms with Crippen molar-refractivity contribution < 1.29 is 13.2 Å². The molecule has 2 N–H and O–H groups in total. The SMILES string of the molecule is CNCC(C)CNS(=O)(=O)c1ccc(OCC(C)C)cc1. The number of rotatable bonds is 9. The highest BCUT2D eigenvalue weighted by Gasteiger charge is 2.15. The van der Waals surface area contributed by atoms with Crippen molar-refractivity contribution in [3.05, 3.63) is 24.3 Å².